The maximum absolute atomic E-state index is 13.2. The van der Waals surface area contributed by atoms with Crippen molar-refractivity contribution >= 4 is 29.1 Å². The zero-order chi connectivity index (χ0) is 17.8. The second-order valence-corrected chi connectivity index (χ2v) is 9.05. The van der Waals surface area contributed by atoms with Crippen molar-refractivity contribution in [2.24, 2.45) is 17.3 Å². The minimum Gasteiger partial charge on any atom is -0.351 e. The lowest BCUT2D eigenvalue weighted by atomic mass is 9.46. The van der Waals surface area contributed by atoms with Crippen molar-refractivity contribution in [1.29, 1.82) is 0 Å². The molecule has 0 aromatic heterocycles. The number of benzene rings is 1. The van der Waals surface area contributed by atoms with E-state index in [-0.39, 0.29) is 22.8 Å². The zero-order valence-corrected chi connectivity index (χ0v) is 15.6. The molecule has 0 aliphatic heterocycles. The number of hydrogen-bond acceptors (Lipinski definition) is 2. The van der Waals surface area contributed by atoms with E-state index in [0.717, 1.165) is 37.7 Å². The number of anilines is 1. The largest absolute Gasteiger partial charge is 0.351 e. The molecule has 0 heterocycles. The van der Waals surface area contributed by atoms with Crippen LogP contribution in [0.2, 0.25) is 5.02 Å². The van der Waals surface area contributed by atoms with Gasteiger partial charge in [-0.1, -0.05) is 17.7 Å². The summed E-state index contributed by atoms with van der Waals surface area (Å²) in [6, 6.07) is 5.70. The molecule has 2 N–H and O–H groups in total. The minimum absolute atomic E-state index is 0.0130. The normalized spacial score (nSPS) is 35.5. The molecule has 1 aromatic carbocycles. The Morgan fingerprint density at radius 2 is 1.84 bits per heavy atom. The summed E-state index contributed by atoms with van der Waals surface area (Å²) in [5.41, 5.74) is 1.19. The number of hydrogen-bond donors (Lipinski definition) is 2. The van der Waals surface area contributed by atoms with Crippen LogP contribution in [0.1, 0.15) is 51.0 Å². The van der Waals surface area contributed by atoms with Crippen molar-refractivity contribution in [3.05, 3.63) is 28.8 Å². The standard InChI is InChI=1S/C20H25ClN2O2/c1-12-3-4-17(16(21)5-12)22-18(25)19-7-14-6-15(8-19)10-20(9-14,11-19)23-13(2)24/h3-5,14-15H,6-11H2,1-2H3,(H,22,25)(H,23,24). The van der Waals surface area contributed by atoms with Gasteiger partial charge in [-0.3, -0.25) is 9.59 Å². The molecule has 4 saturated carbocycles. The Kier molecular flexibility index (Phi) is 3.87. The molecule has 4 nitrogen and oxygen atoms in total. The van der Waals surface area contributed by atoms with Gasteiger partial charge in [-0.05, 0) is 75.0 Å². The van der Waals surface area contributed by atoms with E-state index in [1.54, 1.807) is 6.92 Å². The van der Waals surface area contributed by atoms with Crippen LogP contribution in [0.15, 0.2) is 18.2 Å². The van der Waals surface area contributed by atoms with E-state index < -0.39 is 0 Å². The first-order valence-corrected chi connectivity index (χ1v) is 9.53. The molecule has 0 spiro atoms. The summed E-state index contributed by atoms with van der Waals surface area (Å²) in [5, 5.41) is 6.86. The van der Waals surface area contributed by atoms with E-state index in [9.17, 15) is 9.59 Å². The Morgan fingerprint density at radius 3 is 2.44 bits per heavy atom. The van der Waals surface area contributed by atoms with Gasteiger partial charge in [0.15, 0.2) is 0 Å². The fraction of sp³-hybridized carbons (Fsp3) is 0.600. The van der Waals surface area contributed by atoms with Gasteiger partial charge < -0.3 is 10.6 Å². The topological polar surface area (TPSA) is 58.2 Å². The zero-order valence-electron chi connectivity index (χ0n) is 14.8. The van der Waals surface area contributed by atoms with Crippen molar-refractivity contribution in [2.45, 2.75) is 57.9 Å². The molecule has 134 valence electrons. The summed E-state index contributed by atoms with van der Waals surface area (Å²) in [7, 11) is 0. The Hall–Kier alpha value is -1.55. The molecule has 2 atom stereocenters. The van der Waals surface area contributed by atoms with Gasteiger partial charge in [-0.15, -0.1) is 0 Å². The number of halogens is 1. The van der Waals surface area contributed by atoms with Crippen molar-refractivity contribution in [3.8, 4) is 0 Å². The first-order valence-electron chi connectivity index (χ1n) is 9.16. The summed E-state index contributed by atoms with van der Waals surface area (Å²) in [6.45, 7) is 3.56. The van der Waals surface area contributed by atoms with Crippen molar-refractivity contribution < 1.29 is 9.59 Å². The lowest BCUT2D eigenvalue weighted by molar-refractivity contribution is -0.148. The van der Waals surface area contributed by atoms with Crippen LogP contribution in [0, 0.1) is 24.2 Å². The Balaban J connectivity index is 1.60. The molecule has 4 bridgehead atoms. The van der Waals surface area contributed by atoms with E-state index in [0.29, 0.717) is 22.5 Å². The van der Waals surface area contributed by atoms with Gasteiger partial charge >= 0.3 is 0 Å². The Bertz CT molecular complexity index is 731. The summed E-state index contributed by atoms with van der Waals surface area (Å²) in [5.74, 6) is 1.15. The average molecular weight is 361 g/mol. The Labute approximate surface area is 153 Å². The Morgan fingerprint density at radius 1 is 1.16 bits per heavy atom. The molecule has 0 saturated heterocycles. The van der Waals surface area contributed by atoms with E-state index in [2.05, 4.69) is 10.6 Å². The average Bonchev–Trinajstić information content (AvgIpc) is 2.47. The molecule has 2 unspecified atom stereocenters. The smallest absolute Gasteiger partial charge is 0.230 e. The second kappa shape index (κ2) is 5.73. The molecule has 4 aliphatic carbocycles. The highest BCUT2D eigenvalue weighted by molar-refractivity contribution is 6.33. The van der Waals surface area contributed by atoms with Crippen molar-refractivity contribution in [2.75, 3.05) is 5.32 Å². The molecular weight excluding hydrogens is 336 g/mol. The van der Waals surface area contributed by atoms with E-state index in [1.807, 2.05) is 25.1 Å². The number of aryl methyl sites for hydroxylation is 1. The van der Waals surface area contributed by atoms with Gasteiger partial charge in [0, 0.05) is 12.5 Å². The van der Waals surface area contributed by atoms with Crippen LogP contribution in [-0.4, -0.2) is 17.4 Å². The first kappa shape index (κ1) is 16.9. The monoisotopic (exact) mass is 360 g/mol. The molecule has 4 fully saturated rings. The maximum atomic E-state index is 13.2. The van der Waals surface area contributed by atoms with Crippen molar-refractivity contribution in [3.63, 3.8) is 0 Å². The third kappa shape index (κ3) is 2.95. The van der Waals surface area contributed by atoms with Crippen LogP contribution >= 0.6 is 11.6 Å². The maximum Gasteiger partial charge on any atom is 0.230 e. The minimum atomic E-state index is -0.374. The lowest BCUT2D eigenvalue weighted by Gasteiger charge is -2.61. The lowest BCUT2D eigenvalue weighted by Crippen LogP contribution is -2.65. The van der Waals surface area contributed by atoms with Crippen LogP contribution in [0.3, 0.4) is 0 Å². The molecule has 1 aromatic rings. The highest BCUT2D eigenvalue weighted by Crippen LogP contribution is 2.62. The van der Waals surface area contributed by atoms with Gasteiger partial charge in [-0.2, -0.15) is 0 Å². The highest BCUT2D eigenvalue weighted by atomic mass is 35.5. The number of rotatable bonds is 3. The molecular formula is C20H25ClN2O2. The fourth-order valence-corrected chi connectivity index (χ4v) is 6.31. The summed E-state index contributed by atoms with van der Waals surface area (Å²) >= 11 is 6.31. The van der Waals surface area contributed by atoms with Gasteiger partial charge in [0.25, 0.3) is 0 Å². The van der Waals surface area contributed by atoms with Crippen molar-refractivity contribution in [1.82, 2.24) is 5.32 Å². The van der Waals surface area contributed by atoms with Crippen LogP contribution in [-0.2, 0) is 9.59 Å². The van der Waals surface area contributed by atoms with E-state index in [1.165, 1.54) is 6.42 Å². The molecule has 5 heteroatoms. The van der Waals surface area contributed by atoms with Gasteiger partial charge in [0.1, 0.15) is 0 Å². The third-order valence-corrected chi connectivity index (χ3v) is 6.67. The summed E-state index contributed by atoms with van der Waals surface area (Å²) in [6.07, 6.45) is 5.84. The predicted octanol–water partition coefficient (Wildman–Crippen LogP) is 4.06. The number of carbonyl (C=O) groups excluding carboxylic acids is 2. The summed E-state index contributed by atoms with van der Waals surface area (Å²) < 4.78 is 0. The fourth-order valence-electron chi connectivity index (χ4n) is 6.02. The van der Waals surface area contributed by atoms with Crippen LogP contribution in [0.5, 0.6) is 0 Å². The number of amides is 2. The van der Waals surface area contributed by atoms with Crippen LogP contribution in [0.25, 0.3) is 0 Å². The SMILES string of the molecule is CC(=O)NC12CC3CC(C1)CC(C(=O)Nc1ccc(C)cc1Cl)(C3)C2. The van der Waals surface area contributed by atoms with Crippen LogP contribution in [0.4, 0.5) is 5.69 Å². The van der Waals surface area contributed by atoms with Gasteiger partial charge in [0.05, 0.1) is 16.1 Å². The van der Waals surface area contributed by atoms with Gasteiger partial charge in [0.2, 0.25) is 11.8 Å². The second-order valence-electron chi connectivity index (χ2n) is 8.64. The molecule has 0 radical (unpaired) electrons. The highest BCUT2D eigenvalue weighted by Gasteiger charge is 2.60. The predicted molar refractivity (Wildman–Crippen MR) is 98.5 cm³/mol. The molecule has 2 amide bonds. The van der Waals surface area contributed by atoms with E-state index in [4.69, 9.17) is 11.6 Å². The first-order chi connectivity index (χ1) is 11.8. The third-order valence-electron chi connectivity index (χ3n) is 6.36. The van der Waals surface area contributed by atoms with Crippen LogP contribution < -0.4 is 10.6 Å². The summed E-state index contributed by atoms with van der Waals surface area (Å²) in [4.78, 5) is 25.0. The molecule has 4 aliphatic rings. The van der Waals surface area contributed by atoms with Gasteiger partial charge in [-0.25, -0.2) is 0 Å². The molecule has 5 rings (SSSR count). The number of carbonyl (C=O) groups is 2. The quantitative estimate of drug-likeness (QED) is 0.853. The van der Waals surface area contributed by atoms with E-state index >= 15 is 0 Å². The number of nitrogens with one attached hydrogen (secondary N) is 2. The molecule has 25 heavy (non-hydrogen) atoms.